The van der Waals surface area contributed by atoms with E-state index in [1.807, 2.05) is 52.0 Å². The fourth-order valence-corrected chi connectivity index (χ4v) is 11.5. The summed E-state index contributed by atoms with van der Waals surface area (Å²) in [6, 6.07) is 15.6. The minimum Gasteiger partial charge on any atom is -0.486 e. The van der Waals surface area contributed by atoms with Gasteiger partial charge in [-0.25, -0.2) is 22.2 Å². The maximum Gasteiger partial charge on any atom is 0.319 e. The van der Waals surface area contributed by atoms with Gasteiger partial charge in [0.15, 0.2) is 17.4 Å². The average molecular weight is 1150 g/mol. The smallest absolute Gasteiger partial charge is 0.319 e. The van der Waals surface area contributed by atoms with Gasteiger partial charge in [0.05, 0.1) is 52.8 Å². The highest BCUT2D eigenvalue weighted by molar-refractivity contribution is 6.39. The van der Waals surface area contributed by atoms with Gasteiger partial charge in [-0.3, -0.25) is 14.7 Å². The summed E-state index contributed by atoms with van der Waals surface area (Å²) in [7, 11) is 1.57. The highest BCUT2D eigenvalue weighted by atomic mass is 35.5. The molecule has 2 bridgehead atoms. The Hall–Kier alpha value is -7.43. The molecule has 4 N–H and O–H groups in total. The number of piperazine rings is 1. The summed E-state index contributed by atoms with van der Waals surface area (Å²) in [4.78, 5) is 41.9. The van der Waals surface area contributed by atoms with Crippen molar-refractivity contribution in [1.29, 1.82) is 0 Å². The Kier molecular flexibility index (Phi) is 17.1. The third-order valence-corrected chi connectivity index (χ3v) is 15.6. The van der Waals surface area contributed by atoms with E-state index in [2.05, 4.69) is 36.0 Å². The molecule has 2 amide bonds. The van der Waals surface area contributed by atoms with Crippen molar-refractivity contribution in [2.75, 3.05) is 51.5 Å². The number of likely N-dealkylation sites (tertiary alicyclic amines) is 1. The van der Waals surface area contributed by atoms with Gasteiger partial charge >= 0.3 is 6.01 Å². The van der Waals surface area contributed by atoms with Crippen molar-refractivity contribution in [3.63, 3.8) is 0 Å². The molecule has 0 spiro atoms. The molecule has 6 heterocycles. The van der Waals surface area contributed by atoms with Crippen molar-refractivity contribution in [3.8, 4) is 45.3 Å². The number of carbonyl (C=O) groups excluding carboxylic acids is 2. The summed E-state index contributed by atoms with van der Waals surface area (Å²) in [6.07, 6.45) is 5.09. The van der Waals surface area contributed by atoms with Crippen LogP contribution < -0.4 is 25.0 Å². The van der Waals surface area contributed by atoms with Gasteiger partial charge in [-0.15, -0.1) is 5.10 Å². The minimum absolute atomic E-state index is 0.00668. The Morgan fingerprint density at radius 3 is 2.35 bits per heavy atom. The van der Waals surface area contributed by atoms with E-state index in [1.165, 1.54) is 39.9 Å². The van der Waals surface area contributed by atoms with E-state index in [0.29, 0.717) is 82.0 Å². The standard InChI is InChI=1S/C56H53Cl2F4N11O6.C2H6/c1-28(2)51(55(76)71-16-4-5-44(71)54(75)65-43(26-74)31-10-12-32(13-11-31)45-38(59)14-15-39(60)49(45)62)73-25-42(69-70-73)30-8-6-29(7-9-30)27-79-52-47(46-36-23-64-68-41(36)21-40(61)48(46)58)37(57)20-35-50(52)66-56(78-18-17-77-3)67-53(35)72-24-33-19-34(72)22-63-33;1-2/h6-15,20-21,23,25,28,33-34,43-44,51,63,74H,4-5,16-19,22,24,26-27H2,1-3H3,(H,64,68)(H,65,75);1-2H3. The Bertz CT molecular complexity index is 3610. The third kappa shape index (κ3) is 11.2. The van der Waals surface area contributed by atoms with E-state index < -0.39 is 59.5 Å². The highest BCUT2D eigenvalue weighted by Crippen LogP contribution is 2.50. The summed E-state index contributed by atoms with van der Waals surface area (Å²) >= 11 is 14.1. The molecule has 17 nitrogen and oxygen atoms in total. The van der Waals surface area contributed by atoms with Gasteiger partial charge in [0.2, 0.25) is 11.8 Å². The van der Waals surface area contributed by atoms with Crippen molar-refractivity contribution < 1.29 is 46.5 Å². The number of H-pyrrole nitrogens is 1. The number of amides is 2. The number of methoxy groups -OCH3 is 1. The topological polar surface area (TPSA) is 198 Å². The van der Waals surface area contributed by atoms with E-state index in [1.54, 1.807) is 25.6 Å². The molecule has 23 heteroatoms. The van der Waals surface area contributed by atoms with Gasteiger partial charge in [-0.05, 0) is 60.1 Å². The van der Waals surface area contributed by atoms with Crippen LogP contribution in [0.4, 0.5) is 23.4 Å². The first-order valence-electron chi connectivity index (χ1n) is 26.8. The predicted molar refractivity (Wildman–Crippen MR) is 299 cm³/mol. The Morgan fingerprint density at radius 2 is 1.64 bits per heavy atom. The highest BCUT2D eigenvalue weighted by Gasteiger charge is 2.42. The van der Waals surface area contributed by atoms with Crippen LogP contribution in [0.25, 0.3) is 55.3 Å². The SMILES string of the molecule is CC.COCCOc1nc(N2CC3CC2CN3)c2cc(Cl)c(-c3c(Cl)c(F)cc4[nH]ncc34)c(OCc3ccc(-c4cn(C(C(=O)N5CCCC5C(=O)NC(CO)c5ccc(-c6c(F)ccc(F)c6F)cc5)C(C)C)nn4)cc3)c2n1. The van der Waals surface area contributed by atoms with Crippen LogP contribution >= 0.6 is 23.2 Å². The van der Waals surface area contributed by atoms with Crippen molar-refractivity contribution in [1.82, 2.24) is 50.7 Å². The summed E-state index contributed by atoms with van der Waals surface area (Å²) < 4.78 is 78.3. The lowest BCUT2D eigenvalue weighted by molar-refractivity contribution is -0.142. The van der Waals surface area contributed by atoms with Crippen LogP contribution in [0.1, 0.15) is 70.2 Å². The van der Waals surface area contributed by atoms with Crippen molar-refractivity contribution in [3.05, 3.63) is 130 Å². The van der Waals surface area contributed by atoms with Crippen LogP contribution in [-0.2, 0) is 20.9 Å². The Morgan fingerprint density at radius 1 is 0.889 bits per heavy atom. The summed E-state index contributed by atoms with van der Waals surface area (Å²) in [5, 5.41) is 33.7. The van der Waals surface area contributed by atoms with Crippen molar-refractivity contribution >= 4 is 62.6 Å². The Balaban J connectivity index is 0.00000364. The second kappa shape index (κ2) is 24.3. The van der Waals surface area contributed by atoms with Gasteiger partial charge in [-0.2, -0.15) is 15.1 Å². The largest absolute Gasteiger partial charge is 0.486 e. The van der Waals surface area contributed by atoms with E-state index in [0.717, 1.165) is 24.6 Å². The van der Waals surface area contributed by atoms with Gasteiger partial charge in [0, 0.05) is 72.4 Å². The lowest BCUT2D eigenvalue weighted by atomic mass is 9.98. The number of rotatable bonds is 18. The second-order valence-corrected chi connectivity index (χ2v) is 21.0. The second-order valence-electron chi connectivity index (χ2n) is 20.2. The number of ether oxygens (including phenoxy) is 3. The number of hydrogen-bond acceptors (Lipinski definition) is 13. The van der Waals surface area contributed by atoms with E-state index in [9.17, 15) is 27.9 Å². The summed E-state index contributed by atoms with van der Waals surface area (Å²) in [5.41, 5.74) is 3.18. The monoisotopic (exact) mass is 1150 g/mol. The number of fused-ring (bicyclic) bond motifs is 4. The fraction of sp³-hybridized carbons (Fsp3) is 0.362. The molecule has 5 unspecified atom stereocenters. The molecular weight excluding hydrogens is 1090 g/mol. The van der Waals surface area contributed by atoms with Gasteiger partial charge in [0.1, 0.15) is 54.0 Å². The third-order valence-electron chi connectivity index (χ3n) is 14.9. The Labute approximate surface area is 473 Å². The average Bonchev–Trinajstić information content (AvgIpc) is 4.32. The normalized spacial score (nSPS) is 17.5. The molecule has 81 heavy (non-hydrogen) atoms. The number of aliphatic hydroxyl groups is 1. The van der Waals surface area contributed by atoms with Gasteiger partial charge < -0.3 is 39.8 Å². The van der Waals surface area contributed by atoms with Gasteiger partial charge in [-0.1, -0.05) is 105 Å². The van der Waals surface area contributed by atoms with Crippen LogP contribution in [0.3, 0.4) is 0 Å². The maximum absolute atomic E-state index is 15.7. The molecule has 3 aliphatic heterocycles. The van der Waals surface area contributed by atoms with Crippen molar-refractivity contribution in [2.24, 2.45) is 5.92 Å². The zero-order valence-corrected chi connectivity index (χ0v) is 46.5. The number of aliphatic hydroxyl groups excluding tert-OH is 1. The van der Waals surface area contributed by atoms with E-state index in [-0.39, 0.29) is 76.7 Å². The zero-order valence-electron chi connectivity index (χ0n) is 45.0. The molecule has 5 atom stereocenters. The number of aromatic nitrogens is 7. The number of carbonyl (C=O) groups is 2. The maximum atomic E-state index is 15.7. The summed E-state index contributed by atoms with van der Waals surface area (Å²) in [5.74, 6) is -4.43. The number of aromatic amines is 1. The van der Waals surface area contributed by atoms with E-state index in [4.69, 9.17) is 47.4 Å². The zero-order chi connectivity index (χ0) is 57.2. The van der Waals surface area contributed by atoms with Gasteiger partial charge in [0.25, 0.3) is 0 Å². The lowest BCUT2D eigenvalue weighted by Gasteiger charge is -2.30. The number of nitrogens with zero attached hydrogens (tertiary/aromatic N) is 8. The molecule has 424 valence electrons. The molecule has 0 saturated carbocycles. The number of halogens is 6. The predicted octanol–water partition coefficient (Wildman–Crippen LogP) is 10.2. The molecule has 0 radical (unpaired) electrons. The fourth-order valence-electron chi connectivity index (χ4n) is 11.0. The number of nitrogens with one attached hydrogen (secondary N) is 3. The van der Waals surface area contributed by atoms with Crippen LogP contribution in [-0.4, -0.2) is 122 Å². The first-order chi connectivity index (χ1) is 39.2. The quantitative estimate of drug-likeness (QED) is 0.0360. The molecule has 3 fully saturated rings. The van der Waals surface area contributed by atoms with E-state index >= 15 is 4.39 Å². The number of hydrogen-bond donors (Lipinski definition) is 4. The van der Waals surface area contributed by atoms with Crippen LogP contribution in [0.2, 0.25) is 10.0 Å². The molecule has 3 saturated heterocycles. The minimum atomic E-state index is -1.33. The molecule has 5 aromatic carbocycles. The molecule has 11 rings (SSSR count). The first-order valence-corrected chi connectivity index (χ1v) is 27.5. The summed E-state index contributed by atoms with van der Waals surface area (Å²) in [6.45, 7) is 9.48. The van der Waals surface area contributed by atoms with Crippen molar-refractivity contribution in [2.45, 2.75) is 83.8 Å². The molecule has 3 aliphatic rings. The lowest BCUT2D eigenvalue weighted by Crippen LogP contribution is -2.50. The molecule has 0 aliphatic carbocycles. The van der Waals surface area contributed by atoms with Crippen LogP contribution in [0.15, 0.2) is 85.2 Å². The van der Waals surface area contributed by atoms with Crippen LogP contribution in [0.5, 0.6) is 11.8 Å². The molecule has 8 aromatic rings. The molecular formula is C58H59Cl2F4N11O6. The number of benzene rings is 5. The number of anilines is 1. The van der Waals surface area contributed by atoms with Crippen LogP contribution in [0, 0.1) is 29.2 Å². The first kappa shape index (κ1) is 56.8. The molecule has 3 aromatic heterocycles.